The molecule has 4 unspecified atom stereocenters. The van der Waals surface area contributed by atoms with E-state index in [0.717, 1.165) is 51.4 Å². The van der Waals surface area contributed by atoms with Gasteiger partial charge >= 0.3 is 11.9 Å². The molecular formula is C36H59NO5. The Bertz CT molecular complexity index is 1080. The van der Waals surface area contributed by atoms with Gasteiger partial charge in [-0.15, -0.1) is 0 Å². The zero-order chi connectivity index (χ0) is 30.9. The number of carboxylic acids is 1. The van der Waals surface area contributed by atoms with E-state index in [1.165, 1.54) is 19.3 Å². The molecule has 5 fully saturated rings. The topological polar surface area (TPSA) is 92.7 Å². The molecule has 0 aliphatic heterocycles. The number of rotatable bonds is 7. The standard InChI is InChI=1S/C36H59NO5/c1-9-10-29(40)42-27-15-16-33(6)25(32(27,4)5)14-17-35(8)26(33)12-11-24-30-23(22(2)3)13-18-36(30,20-19-34(24,35)7)31(41)37-21-28(38)39/h22-27,30H,9-21H2,1-8H3,(H,37,41)(H,38,39)/t23-,24?,25?,26?,27+,30?,33-,34+,35+,36-/m0/s1. The van der Waals surface area contributed by atoms with Gasteiger partial charge in [0, 0.05) is 11.8 Å². The first-order chi connectivity index (χ1) is 19.6. The van der Waals surface area contributed by atoms with Crippen LogP contribution in [-0.2, 0) is 19.1 Å². The Hall–Kier alpha value is -1.59. The number of hydrogen-bond donors (Lipinski definition) is 2. The maximum Gasteiger partial charge on any atom is 0.322 e. The zero-order valence-electron chi connectivity index (χ0n) is 27.8. The lowest BCUT2D eigenvalue weighted by Gasteiger charge is -2.73. The van der Waals surface area contributed by atoms with Crippen LogP contribution in [0.5, 0.6) is 0 Å². The second-order valence-electron chi connectivity index (χ2n) is 17.0. The van der Waals surface area contributed by atoms with E-state index >= 15 is 0 Å². The van der Waals surface area contributed by atoms with Gasteiger partial charge in [-0.2, -0.15) is 0 Å². The maximum atomic E-state index is 13.9. The third kappa shape index (κ3) is 4.49. The first kappa shape index (κ1) is 31.8. The molecule has 42 heavy (non-hydrogen) atoms. The van der Waals surface area contributed by atoms with Gasteiger partial charge in [0.25, 0.3) is 0 Å². The fourth-order valence-electron chi connectivity index (χ4n) is 12.7. The van der Waals surface area contributed by atoms with Crippen molar-refractivity contribution < 1.29 is 24.2 Å². The molecule has 5 aliphatic carbocycles. The van der Waals surface area contributed by atoms with E-state index in [1.807, 2.05) is 6.92 Å². The van der Waals surface area contributed by atoms with Gasteiger partial charge in [0.2, 0.25) is 5.91 Å². The van der Waals surface area contributed by atoms with Gasteiger partial charge in [0.15, 0.2) is 0 Å². The highest BCUT2D eigenvalue weighted by Crippen LogP contribution is 2.77. The van der Waals surface area contributed by atoms with Crippen LogP contribution in [0, 0.1) is 62.6 Å². The zero-order valence-corrected chi connectivity index (χ0v) is 27.8. The average Bonchev–Trinajstić information content (AvgIpc) is 3.31. The Labute approximate surface area is 254 Å². The lowest BCUT2D eigenvalue weighted by Crippen LogP contribution is -2.67. The molecule has 10 atom stereocenters. The van der Waals surface area contributed by atoms with E-state index in [2.05, 4.69) is 53.8 Å². The third-order valence-electron chi connectivity index (χ3n) is 14.9. The summed E-state index contributed by atoms with van der Waals surface area (Å²) in [6, 6.07) is 0. The fourth-order valence-corrected chi connectivity index (χ4v) is 12.7. The van der Waals surface area contributed by atoms with E-state index in [1.54, 1.807) is 0 Å². The number of esters is 1. The number of carbonyl (C=O) groups is 3. The molecule has 1 amide bonds. The van der Waals surface area contributed by atoms with Crippen LogP contribution in [0.4, 0.5) is 0 Å². The summed E-state index contributed by atoms with van der Waals surface area (Å²) in [6.45, 7) is 18.9. The van der Waals surface area contributed by atoms with Crippen molar-refractivity contribution in [2.45, 2.75) is 139 Å². The minimum absolute atomic E-state index is 0.000684. The summed E-state index contributed by atoms with van der Waals surface area (Å²) in [4.78, 5) is 37.8. The van der Waals surface area contributed by atoms with E-state index in [0.29, 0.717) is 41.9 Å². The molecule has 6 heteroatoms. The molecule has 0 heterocycles. The van der Waals surface area contributed by atoms with Crippen molar-refractivity contribution in [1.29, 1.82) is 0 Å². The molecule has 0 spiro atoms. The van der Waals surface area contributed by atoms with Gasteiger partial charge in [-0.1, -0.05) is 55.4 Å². The maximum absolute atomic E-state index is 13.9. The van der Waals surface area contributed by atoms with Crippen LogP contribution in [0.25, 0.3) is 0 Å². The first-order valence-electron chi connectivity index (χ1n) is 17.3. The number of fused-ring (bicyclic) bond motifs is 7. The van der Waals surface area contributed by atoms with E-state index in [-0.39, 0.29) is 46.2 Å². The minimum Gasteiger partial charge on any atom is -0.480 e. The molecule has 238 valence electrons. The van der Waals surface area contributed by atoms with E-state index < -0.39 is 11.4 Å². The van der Waals surface area contributed by atoms with Crippen LogP contribution in [-0.4, -0.2) is 35.6 Å². The molecule has 2 N–H and O–H groups in total. The molecule has 6 nitrogen and oxygen atoms in total. The predicted molar refractivity (Wildman–Crippen MR) is 164 cm³/mol. The van der Waals surface area contributed by atoms with Gasteiger partial charge in [-0.3, -0.25) is 14.4 Å². The van der Waals surface area contributed by atoms with Crippen LogP contribution in [0.1, 0.15) is 132 Å². The smallest absolute Gasteiger partial charge is 0.322 e. The van der Waals surface area contributed by atoms with Crippen molar-refractivity contribution in [2.24, 2.45) is 62.6 Å². The van der Waals surface area contributed by atoms with Crippen LogP contribution in [0.2, 0.25) is 0 Å². The molecule has 0 aromatic rings. The lowest BCUT2D eigenvalue weighted by atomic mass is 9.32. The lowest BCUT2D eigenvalue weighted by molar-refractivity contribution is -0.250. The van der Waals surface area contributed by atoms with Crippen LogP contribution in [0.15, 0.2) is 0 Å². The monoisotopic (exact) mass is 585 g/mol. The van der Waals surface area contributed by atoms with Crippen molar-refractivity contribution in [2.75, 3.05) is 6.54 Å². The number of carbonyl (C=O) groups excluding carboxylic acids is 2. The summed E-state index contributed by atoms with van der Waals surface area (Å²) >= 11 is 0. The quantitative estimate of drug-likeness (QED) is 0.300. The molecule has 5 rings (SSSR count). The summed E-state index contributed by atoms with van der Waals surface area (Å²) in [5, 5.41) is 12.2. The van der Waals surface area contributed by atoms with Gasteiger partial charge in [-0.05, 0) is 122 Å². The van der Waals surface area contributed by atoms with Crippen molar-refractivity contribution in [3.63, 3.8) is 0 Å². The first-order valence-corrected chi connectivity index (χ1v) is 17.3. The predicted octanol–water partition coefficient (Wildman–Crippen LogP) is 7.64. The number of nitrogens with one attached hydrogen (secondary N) is 1. The summed E-state index contributed by atoms with van der Waals surface area (Å²) in [5.74, 6) is 1.95. The highest BCUT2D eigenvalue weighted by molar-refractivity contribution is 5.86. The number of aliphatic carboxylic acids is 1. The van der Waals surface area contributed by atoms with Crippen LogP contribution >= 0.6 is 0 Å². The van der Waals surface area contributed by atoms with Crippen molar-refractivity contribution in [3.8, 4) is 0 Å². The summed E-state index contributed by atoms with van der Waals surface area (Å²) < 4.78 is 6.14. The highest BCUT2D eigenvalue weighted by atomic mass is 16.5. The molecule has 0 radical (unpaired) electrons. The van der Waals surface area contributed by atoms with Crippen LogP contribution < -0.4 is 5.32 Å². The molecule has 5 aliphatic rings. The second-order valence-corrected chi connectivity index (χ2v) is 17.0. The largest absolute Gasteiger partial charge is 0.480 e. The number of hydrogen-bond acceptors (Lipinski definition) is 4. The molecule has 0 aromatic carbocycles. The Balaban J connectivity index is 1.46. The molecule has 0 aromatic heterocycles. The summed E-state index contributed by atoms with van der Waals surface area (Å²) in [7, 11) is 0. The average molecular weight is 586 g/mol. The van der Waals surface area contributed by atoms with Gasteiger partial charge < -0.3 is 15.2 Å². The van der Waals surface area contributed by atoms with Gasteiger partial charge in [-0.25, -0.2) is 0 Å². The number of ether oxygens (including phenoxy) is 1. The Morgan fingerprint density at radius 3 is 2.21 bits per heavy atom. The van der Waals surface area contributed by atoms with Crippen molar-refractivity contribution in [3.05, 3.63) is 0 Å². The fraction of sp³-hybridized carbons (Fsp3) is 0.917. The van der Waals surface area contributed by atoms with Crippen molar-refractivity contribution >= 4 is 17.8 Å². The second kappa shape index (κ2) is 10.8. The Kier molecular flexibility index (Phi) is 8.17. The summed E-state index contributed by atoms with van der Waals surface area (Å²) in [6.07, 6.45) is 12.0. The summed E-state index contributed by atoms with van der Waals surface area (Å²) in [5.41, 5.74) is 0.0710. The van der Waals surface area contributed by atoms with Crippen LogP contribution in [0.3, 0.4) is 0 Å². The van der Waals surface area contributed by atoms with E-state index in [9.17, 15) is 19.5 Å². The van der Waals surface area contributed by atoms with Crippen molar-refractivity contribution in [1.82, 2.24) is 5.32 Å². The molecule has 5 saturated carbocycles. The Morgan fingerprint density at radius 2 is 1.57 bits per heavy atom. The van der Waals surface area contributed by atoms with Gasteiger partial charge in [0.1, 0.15) is 12.6 Å². The molecule has 0 saturated heterocycles. The number of carboxylic acid groups (broad SMARTS) is 1. The highest BCUT2D eigenvalue weighted by Gasteiger charge is 2.72. The normalized spacial score (nSPS) is 45.6. The Morgan fingerprint density at radius 1 is 0.857 bits per heavy atom. The molecule has 0 bridgehead atoms. The van der Waals surface area contributed by atoms with E-state index in [4.69, 9.17) is 4.74 Å². The molecular weight excluding hydrogens is 526 g/mol. The number of amides is 1. The SMILES string of the molecule is CCCC(=O)O[C@@H]1CC[C@@]2(C)C(CC[C@]3(C)C2CCC2C4[C@H](C(C)C)CC[C@]4(C(=O)NCC(=O)O)CC[C@]23C)C1(C)C. The third-order valence-corrected chi connectivity index (χ3v) is 14.9. The minimum atomic E-state index is -0.967. The van der Waals surface area contributed by atoms with Gasteiger partial charge in [0.05, 0.1) is 5.41 Å².